The van der Waals surface area contributed by atoms with E-state index in [1.54, 1.807) is 4.90 Å². The van der Waals surface area contributed by atoms with Crippen molar-refractivity contribution in [1.29, 1.82) is 0 Å². The fourth-order valence-electron chi connectivity index (χ4n) is 3.63. The molecule has 0 bridgehead atoms. The third-order valence-electron chi connectivity index (χ3n) is 5.03. The van der Waals surface area contributed by atoms with Gasteiger partial charge in [0.1, 0.15) is 0 Å². The number of carbonyl (C=O) groups is 2. The quantitative estimate of drug-likeness (QED) is 0.813. The molecule has 0 aromatic heterocycles. The Morgan fingerprint density at radius 1 is 1.28 bits per heavy atom. The summed E-state index contributed by atoms with van der Waals surface area (Å²) in [6.45, 7) is 3.38. The van der Waals surface area contributed by atoms with Gasteiger partial charge in [-0.25, -0.2) is 0 Å². The van der Waals surface area contributed by atoms with Crippen LogP contribution in [0.3, 0.4) is 0 Å². The number of halogens is 1. The molecule has 25 heavy (non-hydrogen) atoms. The van der Waals surface area contributed by atoms with E-state index in [2.05, 4.69) is 16.7 Å². The van der Waals surface area contributed by atoms with Gasteiger partial charge in [-0.05, 0) is 56.3 Å². The number of aryl methyl sites for hydroxylation is 1. The van der Waals surface area contributed by atoms with Gasteiger partial charge >= 0.3 is 0 Å². The zero-order chi connectivity index (χ0) is 16.8. The molecule has 1 aromatic carbocycles. The number of carbonyl (C=O) groups excluding carboxylic acids is 2. The summed E-state index contributed by atoms with van der Waals surface area (Å²) in [4.78, 5) is 26.0. The normalized spacial score (nSPS) is 19.8. The van der Waals surface area contributed by atoms with E-state index in [-0.39, 0.29) is 24.2 Å². The highest BCUT2D eigenvalue weighted by Crippen LogP contribution is 2.27. The second kappa shape index (κ2) is 9.78. The molecule has 1 aromatic rings. The summed E-state index contributed by atoms with van der Waals surface area (Å²) < 4.78 is 0. The Bertz CT molecular complexity index is 588. The van der Waals surface area contributed by atoms with E-state index >= 15 is 0 Å². The number of hydrogen-bond acceptors (Lipinski definition) is 3. The average Bonchev–Trinajstić information content (AvgIpc) is 2.62. The summed E-state index contributed by atoms with van der Waals surface area (Å²) >= 11 is 0. The first-order valence-corrected chi connectivity index (χ1v) is 9.10. The van der Waals surface area contributed by atoms with Gasteiger partial charge in [0.05, 0.1) is 0 Å². The van der Waals surface area contributed by atoms with Crippen molar-refractivity contribution in [2.24, 2.45) is 5.92 Å². The summed E-state index contributed by atoms with van der Waals surface area (Å²) in [6, 6.07) is 7.98. The molecule has 2 aliphatic heterocycles. The molecule has 2 amide bonds. The molecule has 2 aliphatic rings. The van der Waals surface area contributed by atoms with Crippen molar-refractivity contribution in [2.45, 2.75) is 38.5 Å². The topological polar surface area (TPSA) is 61.4 Å². The van der Waals surface area contributed by atoms with Crippen molar-refractivity contribution in [2.75, 3.05) is 31.1 Å². The first-order valence-electron chi connectivity index (χ1n) is 9.10. The number of nitrogens with zero attached hydrogens (tertiary/aromatic N) is 1. The molecule has 0 radical (unpaired) electrons. The van der Waals surface area contributed by atoms with Crippen LogP contribution < -0.4 is 15.5 Å². The van der Waals surface area contributed by atoms with Gasteiger partial charge in [-0.15, -0.1) is 12.4 Å². The summed E-state index contributed by atoms with van der Waals surface area (Å²) in [5.74, 6) is 0.832. The van der Waals surface area contributed by atoms with Crippen LogP contribution in [0.1, 0.15) is 37.7 Å². The Morgan fingerprint density at radius 2 is 2.12 bits per heavy atom. The van der Waals surface area contributed by atoms with Crippen molar-refractivity contribution in [3.8, 4) is 0 Å². The monoisotopic (exact) mass is 365 g/mol. The van der Waals surface area contributed by atoms with Crippen LogP contribution in [0.2, 0.25) is 0 Å². The zero-order valence-electron chi connectivity index (χ0n) is 14.6. The zero-order valence-corrected chi connectivity index (χ0v) is 15.4. The van der Waals surface area contributed by atoms with Crippen LogP contribution in [-0.2, 0) is 16.0 Å². The maximum absolute atomic E-state index is 12.2. The largest absolute Gasteiger partial charge is 0.356 e. The van der Waals surface area contributed by atoms with Crippen LogP contribution in [0.5, 0.6) is 0 Å². The SMILES string of the molecule is Cl.O=C(CCN1C(=O)CCc2ccccc21)NCCC1CCCNC1. The minimum Gasteiger partial charge on any atom is -0.356 e. The molecule has 138 valence electrons. The molecule has 1 atom stereocenters. The number of rotatable bonds is 6. The van der Waals surface area contributed by atoms with Crippen molar-refractivity contribution < 1.29 is 9.59 Å². The molecule has 5 nitrogen and oxygen atoms in total. The number of benzene rings is 1. The van der Waals surface area contributed by atoms with Gasteiger partial charge in [0.25, 0.3) is 0 Å². The molecule has 1 fully saturated rings. The Balaban J connectivity index is 0.00000225. The predicted octanol–water partition coefficient (Wildman–Crippen LogP) is 2.28. The Morgan fingerprint density at radius 3 is 2.92 bits per heavy atom. The minimum absolute atomic E-state index is 0. The number of nitrogens with one attached hydrogen (secondary N) is 2. The molecule has 1 saturated heterocycles. The molecule has 1 unspecified atom stereocenters. The fraction of sp³-hybridized carbons (Fsp3) is 0.579. The molecule has 2 heterocycles. The molecule has 0 aliphatic carbocycles. The van der Waals surface area contributed by atoms with Gasteiger partial charge in [0.2, 0.25) is 11.8 Å². The van der Waals surface area contributed by atoms with E-state index in [1.165, 1.54) is 18.4 Å². The van der Waals surface area contributed by atoms with Crippen LogP contribution in [0.4, 0.5) is 5.69 Å². The molecule has 0 spiro atoms. The number of hydrogen-bond donors (Lipinski definition) is 2. The van der Waals surface area contributed by atoms with Crippen molar-refractivity contribution in [3.05, 3.63) is 29.8 Å². The second-order valence-corrected chi connectivity index (χ2v) is 6.78. The third-order valence-corrected chi connectivity index (χ3v) is 5.03. The summed E-state index contributed by atoms with van der Waals surface area (Å²) in [5.41, 5.74) is 2.16. The van der Waals surface area contributed by atoms with Crippen LogP contribution in [0, 0.1) is 5.92 Å². The molecular weight excluding hydrogens is 338 g/mol. The first kappa shape index (κ1) is 19.7. The first-order chi connectivity index (χ1) is 11.7. The summed E-state index contributed by atoms with van der Waals surface area (Å²) in [5, 5.41) is 6.40. The fourth-order valence-corrected chi connectivity index (χ4v) is 3.63. The summed E-state index contributed by atoms with van der Waals surface area (Å²) in [6.07, 6.45) is 5.21. The van der Waals surface area contributed by atoms with Gasteiger partial charge in [-0.3, -0.25) is 9.59 Å². The number of anilines is 1. The van der Waals surface area contributed by atoms with Crippen LogP contribution in [-0.4, -0.2) is 38.0 Å². The molecule has 2 N–H and O–H groups in total. The van der Waals surface area contributed by atoms with Gasteiger partial charge < -0.3 is 15.5 Å². The lowest BCUT2D eigenvalue weighted by Gasteiger charge is -2.29. The van der Waals surface area contributed by atoms with E-state index in [9.17, 15) is 9.59 Å². The number of para-hydroxylation sites is 1. The van der Waals surface area contributed by atoms with E-state index in [4.69, 9.17) is 0 Å². The highest BCUT2D eigenvalue weighted by atomic mass is 35.5. The van der Waals surface area contributed by atoms with Gasteiger partial charge in [-0.1, -0.05) is 18.2 Å². The predicted molar refractivity (Wildman–Crippen MR) is 102 cm³/mol. The van der Waals surface area contributed by atoms with Gasteiger partial charge in [0.15, 0.2) is 0 Å². The third kappa shape index (κ3) is 5.44. The average molecular weight is 366 g/mol. The Labute approximate surface area is 155 Å². The maximum Gasteiger partial charge on any atom is 0.227 e. The highest BCUT2D eigenvalue weighted by molar-refractivity contribution is 5.96. The Kier molecular flexibility index (Phi) is 7.72. The lowest BCUT2D eigenvalue weighted by Crippen LogP contribution is -2.38. The second-order valence-electron chi connectivity index (χ2n) is 6.78. The van der Waals surface area contributed by atoms with Gasteiger partial charge in [-0.2, -0.15) is 0 Å². The lowest BCUT2D eigenvalue weighted by atomic mass is 9.96. The van der Waals surface area contributed by atoms with E-state index in [0.29, 0.717) is 25.3 Å². The molecule has 0 saturated carbocycles. The number of fused-ring (bicyclic) bond motifs is 1. The van der Waals surface area contributed by atoms with Crippen molar-refractivity contribution in [3.63, 3.8) is 0 Å². The molecular formula is C19H28ClN3O2. The highest BCUT2D eigenvalue weighted by Gasteiger charge is 2.24. The number of amides is 2. The van der Waals surface area contributed by atoms with Gasteiger partial charge in [0, 0.05) is 31.6 Å². The van der Waals surface area contributed by atoms with Crippen LogP contribution in [0.25, 0.3) is 0 Å². The van der Waals surface area contributed by atoms with Crippen LogP contribution in [0.15, 0.2) is 24.3 Å². The standard InChI is InChI=1S/C19H27N3O2.ClH/c23-18(21-12-9-15-4-3-11-20-14-15)10-13-22-17-6-2-1-5-16(17)7-8-19(22)24;/h1-2,5-6,15,20H,3-4,7-14H2,(H,21,23);1H. The lowest BCUT2D eigenvalue weighted by molar-refractivity contribution is -0.121. The Hall–Kier alpha value is -1.59. The van der Waals surface area contributed by atoms with E-state index < -0.39 is 0 Å². The number of piperidine rings is 1. The van der Waals surface area contributed by atoms with E-state index in [0.717, 1.165) is 38.2 Å². The van der Waals surface area contributed by atoms with E-state index in [1.807, 2.05) is 18.2 Å². The molecule has 6 heteroatoms. The maximum atomic E-state index is 12.2. The summed E-state index contributed by atoms with van der Waals surface area (Å²) in [7, 11) is 0. The van der Waals surface area contributed by atoms with Crippen molar-refractivity contribution in [1.82, 2.24) is 10.6 Å². The van der Waals surface area contributed by atoms with Crippen molar-refractivity contribution >= 4 is 29.9 Å². The van der Waals surface area contributed by atoms with Crippen LogP contribution >= 0.6 is 12.4 Å². The minimum atomic E-state index is 0. The smallest absolute Gasteiger partial charge is 0.227 e. The molecule has 3 rings (SSSR count).